The number of halogens is 2. The molecule has 0 unspecified atom stereocenters. The summed E-state index contributed by atoms with van der Waals surface area (Å²) in [5.41, 5.74) is 2.33. The number of nitriles is 1. The van der Waals surface area contributed by atoms with Gasteiger partial charge in [-0.15, -0.1) is 11.3 Å². The molecule has 23 heavy (non-hydrogen) atoms. The Morgan fingerprint density at radius 3 is 2.61 bits per heavy atom. The highest BCUT2D eigenvalue weighted by Gasteiger charge is 2.10. The molecule has 0 aliphatic heterocycles. The zero-order chi connectivity index (χ0) is 16.2. The standard InChI is InChI=1S/C17H9F2N3S/c18-14-2-1-11(8-15(14)19)7-13(9-20)17-22-16(10-23-17)12-3-5-21-6-4-12/h1-8,10H/b13-7+. The molecule has 0 saturated carbocycles. The monoisotopic (exact) mass is 325 g/mol. The van der Waals surface area contributed by atoms with Crippen molar-refractivity contribution >= 4 is 23.0 Å². The molecule has 3 nitrogen and oxygen atoms in total. The topological polar surface area (TPSA) is 49.6 Å². The Hall–Kier alpha value is -2.91. The normalized spacial score (nSPS) is 11.3. The van der Waals surface area contributed by atoms with Crippen molar-refractivity contribution in [2.45, 2.75) is 0 Å². The van der Waals surface area contributed by atoms with Gasteiger partial charge in [-0.1, -0.05) is 6.07 Å². The van der Waals surface area contributed by atoms with Gasteiger partial charge >= 0.3 is 0 Å². The smallest absolute Gasteiger partial charge is 0.159 e. The molecular formula is C17H9F2N3S. The van der Waals surface area contributed by atoms with Gasteiger partial charge in [0, 0.05) is 23.3 Å². The lowest BCUT2D eigenvalue weighted by atomic mass is 10.1. The molecule has 3 rings (SSSR count). The minimum atomic E-state index is -0.951. The van der Waals surface area contributed by atoms with E-state index in [4.69, 9.17) is 0 Å². The third-order valence-electron chi connectivity index (χ3n) is 3.09. The first-order valence-electron chi connectivity index (χ1n) is 6.60. The maximum absolute atomic E-state index is 13.3. The van der Waals surface area contributed by atoms with Crippen LogP contribution >= 0.6 is 11.3 Å². The van der Waals surface area contributed by atoms with Gasteiger partial charge < -0.3 is 0 Å². The Labute approximate surface area is 135 Å². The molecule has 0 bridgehead atoms. The number of aromatic nitrogens is 2. The summed E-state index contributed by atoms with van der Waals surface area (Å²) in [5.74, 6) is -1.87. The minimum absolute atomic E-state index is 0.293. The summed E-state index contributed by atoms with van der Waals surface area (Å²) < 4.78 is 26.2. The van der Waals surface area contributed by atoms with Gasteiger partial charge in [0.1, 0.15) is 11.1 Å². The van der Waals surface area contributed by atoms with Gasteiger partial charge in [0.05, 0.1) is 11.3 Å². The first-order valence-corrected chi connectivity index (χ1v) is 7.48. The molecule has 0 spiro atoms. The van der Waals surface area contributed by atoms with Crippen LogP contribution in [0, 0.1) is 23.0 Å². The lowest BCUT2D eigenvalue weighted by Crippen LogP contribution is -1.86. The van der Waals surface area contributed by atoms with Crippen LogP contribution in [0.25, 0.3) is 22.9 Å². The molecule has 0 aliphatic rings. The fraction of sp³-hybridized carbons (Fsp3) is 0. The summed E-state index contributed by atoms with van der Waals surface area (Å²) in [6.45, 7) is 0. The van der Waals surface area contributed by atoms with E-state index < -0.39 is 11.6 Å². The van der Waals surface area contributed by atoms with E-state index in [2.05, 4.69) is 9.97 Å². The number of nitrogens with zero attached hydrogens (tertiary/aromatic N) is 3. The van der Waals surface area contributed by atoms with Crippen LogP contribution in [0.3, 0.4) is 0 Å². The van der Waals surface area contributed by atoms with E-state index in [9.17, 15) is 14.0 Å². The van der Waals surface area contributed by atoms with Gasteiger partial charge in [-0.05, 0) is 35.9 Å². The molecule has 0 amide bonds. The third kappa shape index (κ3) is 3.30. The van der Waals surface area contributed by atoms with E-state index in [1.807, 2.05) is 23.6 Å². The number of benzene rings is 1. The summed E-state index contributed by atoms with van der Waals surface area (Å²) >= 11 is 1.31. The molecule has 112 valence electrons. The molecule has 1 aromatic carbocycles. The molecule has 0 fully saturated rings. The molecule has 0 atom stereocenters. The first kappa shape index (κ1) is 15.0. The van der Waals surface area contributed by atoms with Crippen molar-refractivity contribution in [3.63, 3.8) is 0 Å². The van der Waals surface area contributed by atoms with E-state index in [-0.39, 0.29) is 0 Å². The van der Waals surface area contributed by atoms with Crippen molar-refractivity contribution in [2.75, 3.05) is 0 Å². The van der Waals surface area contributed by atoms with Crippen LogP contribution in [0.2, 0.25) is 0 Å². The Balaban J connectivity index is 1.96. The Kier molecular flexibility index (Phi) is 4.22. The molecule has 6 heteroatoms. The lowest BCUT2D eigenvalue weighted by molar-refractivity contribution is 0.508. The maximum atomic E-state index is 13.3. The van der Waals surface area contributed by atoms with E-state index in [1.54, 1.807) is 12.4 Å². The fourth-order valence-corrected chi connectivity index (χ4v) is 2.76. The highest BCUT2D eigenvalue weighted by molar-refractivity contribution is 7.11. The summed E-state index contributed by atoms with van der Waals surface area (Å²) in [6, 6.07) is 9.18. The highest BCUT2D eigenvalue weighted by Crippen LogP contribution is 2.27. The summed E-state index contributed by atoms with van der Waals surface area (Å²) in [5, 5.41) is 11.7. The zero-order valence-electron chi connectivity index (χ0n) is 11.7. The summed E-state index contributed by atoms with van der Waals surface area (Å²) in [4.78, 5) is 8.37. The number of allylic oxidation sites excluding steroid dienone is 1. The van der Waals surface area contributed by atoms with Crippen LogP contribution in [0.1, 0.15) is 10.6 Å². The van der Waals surface area contributed by atoms with Crippen LogP contribution in [0.15, 0.2) is 48.1 Å². The third-order valence-corrected chi connectivity index (χ3v) is 3.96. The second-order valence-electron chi connectivity index (χ2n) is 4.62. The van der Waals surface area contributed by atoms with Crippen molar-refractivity contribution in [3.05, 3.63) is 70.3 Å². The molecular weight excluding hydrogens is 316 g/mol. The minimum Gasteiger partial charge on any atom is -0.265 e. The average molecular weight is 325 g/mol. The van der Waals surface area contributed by atoms with Crippen molar-refractivity contribution in [1.82, 2.24) is 9.97 Å². The lowest BCUT2D eigenvalue weighted by Gasteiger charge is -1.98. The second-order valence-corrected chi connectivity index (χ2v) is 5.48. The SMILES string of the molecule is N#C/C(=C\c1ccc(F)c(F)c1)c1nc(-c2ccncc2)cs1. The first-order chi connectivity index (χ1) is 11.2. The van der Waals surface area contributed by atoms with Crippen molar-refractivity contribution < 1.29 is 8.78 Å². The molecule has 2 heterocycles. The van der Waals surface area contributed by atoms with Crippen LogP contribution in [0.5, 0.6) is 0 Å². The largest absolute Gasteiger partial charge is 0.265 e. The van der Waals surface area contributed by atoms with Crippen LogP contribution < -0.4 is 0 Å². The van der Waals surface area contributed by atoms with Crippen molar-refractivity contribution in [1.29, 1.82) is 5.26 Å². The molecule has 2 aromatic heterocycles. The number of thiazole rings is 1. The molecule has 0 aliphatic carbocycles. The van der Waals surface area contributed by atoms with E-state index in [1.165, 1.54) is 23.5 Å². The summed E-state index contributed by atoms with van der Waals surface area (Å²) in [6.07, 6.45) is 4.81. The highest BCUT2D eigenvalue weighted by atomic mass is 32.1. The van der Waals surface area contributed by atoms with Crippen LogP contribution in [-0.2, 0) is 0 Å². The van der Waals surface area contributed by atoms with E-state index in [0.29, 0.717) is 16.1 Å². The van der Waals surface area contributed by atoms with E-state index in [0.717, 1.165) is 23.4 Å². The maximum Gasteiger partial charge on any atom is 0.159 e. The molecule has 0 N–H and O–H groups in total. The van der Waals surface area contributed by atoms with Gasteiger partial charge in [0.2, 0.25) is 0 Å². The molecule has 3 aromatic rings. The van der Waals surface area contributed by atoms with E-state index >= 15 is 0 Å². The van der Waals surface area contributed by atoms with Gasteiger partial charge in [0.25, 0.3) is 0 Å². The van der Waals surface area contributed by atoms with Gasteiger partial charge in [-0.2, -0.15) is 5.26 Å². The molecule has 0 radical (unpaired) electrons. The van der Waals surface area contributed by atoms with Crippen molar-refractivity contribution in [3.8, 4) is 17.3 Å². The van der Waals surface area contributed by atoms with Crippen molar-refractivity contribution in [2.24, 2.45) is 0 Å². The molecule has 0 saturated heterocycles. The quantitative estimate of drug-likeness (QED) is 0.664. The second kappa shape index (κ2) is 6.46. The number of rotatable bonds is 3. The fourth-order valence-electron chi connectivity index (χ4n) is 1.96. The summed E-state index contributed by atoms with van der Waals surface area (Å²) in [7, 11) is 0. The van der Waals surface area contributed by atoms with Gasteiger partial charge in [-0.3, -0.25) is 4.98 Å². The zero-order valence-corrected chi connectivity index (χ0v) is 12.5. The Morgan fingerprint density at radius 1 is 1.13 bits per heavy atom. The number of hydrogen-bond acceptors (Lipinski definition) is 4. The Morgan fingerprint density at radius 2 is 1.91 bits per heavy atom. The van der Waals surface area contributed by atoms with Crippen LogP contribution in [0.4, 0.5) is 8.78 Å². The predicted molar refractivity (Wildman–Crippen MR) is 85.2 cm³/mol. The number of hydrogen-bond donors (Lipinski definition) is 0. The van der Waals surface area contributed by atoms with Gasteiger partial charge in [-0.25, -0.2) is 13.8 Å². The average Bonchev–Trinajstić information content (AvgIpc) is 3.06. The predicted octanol–water partition coefficient (Wildman–Crippen LogP) is 4.55. The Bertz CT molecular complexity index is 911. The van der Waals surface area contributed by atoms with Gasteiger partial charge in [0.15, 0.2) is 11.6 Å². The number of pyridine rings is 1. The van der Waals surface area contributed by atoms with Crippen LogP contribution in [-0.4, -0.2) is 9.97 Å².